The van der Waals surface area contributed by atoms with Crippen LogP contribution in [0.4, 0.5) is 5.82 Å². The maximum Gasteiger partial charge on any atom is 0.257 e. The fourth-order valence-corrected chi connectivity index (χ4v) is 2.35. The number of carbonyl (C=O) groups excluding carboxylic acids is 1. The van der Waals surface area contributed by atoms with Gasteiger partial charge in [0.05, 0.1) is 5.56 Å². The zero-order valence-electron chi connectivity index (χ0n) is 11.0. The molecule has 1 amide bonds. The summed E-state index contributed by atoms with van der Waals surface area (Å²) in [7, 11) is 4.17. The number of pyridine rings is 1. The highest BCUT2D eigenvalue weighted by molar-refractivity contribution is 5.98. The molecule has 0 saturated carbocycles. The molecule has 1 aliphatic rings. The highest BCUT2D eigenvalue weighted by atomic mass is 16.2. The van der Waals surface area contributed by atoms with E-state index < -0.39 is 0 Å². The maximum absolute atomic E-state index is 12.3. The van der Waals surface area contributed by atoms with E-state index in [4.69, 9.17) is 5.73 Å². The van der Waals surface area contributed by atoms with E-state index in [9.17, 15) is 4.79 Å². The maximum atomic E-state index is 12.3. The summed E-state index contributed by atoms with van der Waals surface area (Å²) in [5, 5.41) is 0. The van der Waals surface area contributed by atoms with Crippen molar-refractivity contribution < 1.29 is 4.79 Å². The fraction of sp³-hybridized carbons (Fsp3) is 0.538. The summed E-state index contributed by atoms with van der Waals surface area (Å²) in [6.45, 7) is 1.58. The average molecular weight is 248 g/mol. The second kappa shape index (κ2) is 5.35. The number of nitrogen functional groups attached to an aromatic ring is 1. The highest BCUT2D eigenvalue weighted by Gasteiger charge is 2.25. The Morgan fingerprint density at radius 2 is 2.11 bits per heavy atom. The summed E-state index contributed by atoms with van der Waals surface area (Å²) in [6.07, 6.45) is 3.63. The first kappa shape index (κ1) is 12.8. The van der Waals surface area contributed by atoms with Crippen molar-refractivity contribution in [2.75, 3.05) is 32.9 Å². The van der Waals surface area contributed by atoms with Gasteiger partial charge in [0.2, 0.25) is 0 Å². The summed E-state index contributed by atoms with van der Waals surface area (Å²) in [5.41, 5.74) is 6.25. The number of aromatic nitrogens is 1. The van der Waals surface area contributed by atoms with E-state index in [2.05, 4.69) is 24.0 Å². The van der Waals surface area contributed by atoms with Crippen LogP contribution in [0.5, 0.6) is 0 Å². The van der Waals surface area contributed by atoms with Gasteiger partial charge in [0.15, 0.2) is 0 Å². The molecule has 2 heterocycles. The van der Waals surface area contributed by atoms with Gasteiger partial charge in [-0.1, -0.05) is 0 Å². The van der Waals surface area contributed by atoms with Crippen molar-refractivity contribution in [2.45, 2.75) is 18.9 Å². The van der Waals surface area contributed by atoms with Crippen LogP contribution >= 0.6 is 0 Å². The average Bonchev–Trinajstić information content (AvgIpc) is 2.38. The molecule has 0 unspecified atom stereocenters. The lowest BCUT2D eigenvalue weighted by molar-refractivity contribution is 0.0664. The molecule has 1 fully saturated rings. The molecular weight excluding hydrogens is 228 g/mol. The van der Waals surface area contributed by atoms with Gasteiger partial charge in [-0.3, -0.25) is 4.79 Å². The number of nitrogens with zero attached hydrogens (tertiary/aromatic N) is 3. The first-order chi connectivity index (χ1) is 8.59. The molecule has 0 atom stereocenters. The molecule has 1 aliphatic heterocycles. The molecule has 1 aromatic heterocycles. The third-order valence-corrected chi connectivity index (χ3v) is 3.55. The summed E-state index contributed by atoms with van der Waals surface area (Å²) >= 11 is 0. The first-order valence-corrected chi connectivity index (χ1v) is 6.26. The van der Waals surface area contributed by atoms with E-state index in [0.29, 0.717) is 17.4 Å². The normalized spacial score (nSPS) is 17.2. The van der Waals surface area contributed by atoms with Gasteiger partial charge < -0.3 is 15.5 Å². The van der Waals surface area contributed by atoms with Crippen LogP contribution < -0.4 is 5.73 Å². The van der Waals surface area contributed by atoms with Crippen molar-refractivity contribution in [3.05, 3.63) is 23.9 Å². The van der Waals surface area contributed by atoms with Gasteiger partial charge in [0.25, 0.3) is 5.91 Å². The molecule has 5 nitrogen and oxygen atoms in total. The fourth-order valence-electron chi connectivity index (χ4n) is 2.35. The van der Waals surface area contributed by atoms with E-state index in [1.54, 1.807) is 18.3 Å². The van der Waals surface area contributed by atoms with Crippen LogP contribution in [0.2, 0.25) is 0 Å². The van der Waals surface area contributed by atoms with E-state index in [0.717, 1.165) is 25.9 Å². The number of amides is 1. The molecular formula is C13H20N4O. The van der Waals surface area contributed by atoms with Gasteiger partial charge in [0, 0.05) is 25.3 Å². The van der Waals surface area contributed by atoms with E-state index >= 15 is 0 Å². The lowest BCUT2D eigenvalue weighted by atomic mass is 10.0. The molecule has 0 aromatic carbocycles. The Morgan fingerprint density at radius 1 is 1.44 bits per heavy atom. The lowest BCUT2D eigenvalue weighted by Gasteiger charge is -2.35. The van der Waals surface area contributed by atoms with Crippen molar-refractivity contribution in [2.24, 2.45) is 0 Å². The zero-order chi connectivity index (χ0) is 13.1. The van der Waals surface area contributed by atoms with Gasteiger partial charge in [-0.05, 0) is 39.1 Å². The Bertz CT molecular complexity index is 425. The Balaban J connectivity index is 2.02. The van der Waals surface area contributed by atoms with Gasteiger partial charge in [-0.25, -0.2) is 4.98 Å². The number of nitrogens with two attached hydrogens (primary N) is 1. The molecule has 98 valence electrons. The van der Waals surface area contributed by atoms with E-state index in [1.165, 1.54) is 0 Å². The molecule has 0 spiro atoms. The molecule has 0 bridgehead atoms. The number of piperidine rings is 1. The predicted molar refractivity (Wildman–Crippen MR) is 71.3 cm³/mol. The van der Waals surface area contributed by atoms with E-state index in [1.807, 2.05) is 4.90 Å². The smallest absolute Gasteiger partial charge is 0.257 e. The van der Waals surface area contributed by atoms with Gasteiger partial charge >= 0.3 is 0 Å². The third-order valence-electron chi connectivity index (χ3n) is 3.55. The van der Waals surface area contributed by atoms with Crippen molar-refractivity contribution in [3.8, 4) is 0 Å². The first-order valence-electron chi connectivity index (χ1n) is 6.26. The molecule has 0 aliphatic carbocycles. The van der Waals surface area contributed by atoms with Crippen LogP contribution in [0.15, 0.2) is 18.3 Å². The van der Waals surface area contributed by atoms with Crippen molar-refractivity contribution in [3.63, 3.8) is 0 Å². The Morgan fingerprint density at radius 3 is 2.67 bits per heavy atom. The van der Waals surface area contributed by atoms with Crippen molar-refractivity contribution in [1.82, 2.24) is 14.8 Å². The van der Waals surface area contributed by atoms with E-state index in [-0.39, 0.29) is 5.91 Å². The van der Waals surface area contributed by atoms with Crippen LogP contribution in [-0.2, 0) is 0 Å². The molecule has 0 radical (unpaired) electrons. The monoisotopic (exact) mass is 248 g/mol. The van der Waals surface area contributed by atoms with Crippen LogP contribution in [0, 0.1) is 0 Å². The molecule has 2 rings (SSSR count). The van der Waals surface area contributed by atoms with Crippen molar-refractivity contribution in [1.29, 1.82) is 0 Å². The molecule has 18 heavy (non-hydrogen) atoms. The van der Waals surface area contributed by atoms with Gasteiger partial charge in [-0.15, -0.1) is 0 Å². The number of anilines is 1. The minimum Gasteiger partial charge on any atom is -0.383 e. The Kier molecular flexibility index (Phi) is 3.81. The predicted octanol–water partition coefficient (Wildman–Crippen LogP) is 0.830. The summed E-state index contributed by atoms with van der Waals surface area (Å²) in [4.78, 5) is 20.3. The summed E-state index contributed by atoms with van der Waals surface area (Å²) in [5.74, 6) is 0.315. The second-order valence-corrected chi connectivity index (χ2v) is 4.92. The minimum atomic E-state index is -0.00203. The Labute approximate surface area is 108 Å². The number of hydrogen-bond donors (Lipinski definition) is 1. The Hall–Kier alpha value is -1.62. The second-order valence-electron chi connectivity index (χ2n) is 4.92. The summed E-state index contributed by atoms with van der Waals surface area (Å²) in [6, 6.07) is 4.05. The van der Waals surface area contributed by atoms with Crippen LogP contribution in [0.25, 0.3) is 0 Å². The highest BCUT2D eigenvalue weighted by Crippen LogP contribution is 2.18. The molecule has 5 heteroatoms. The molecule has 1 aromatic rings. The van der Waals surface area contributed by atoms with Crippen LogP contribution in [0.3, 0.4) is 0 Å². The summed E-state index contributed by atoms with van der Waals surface area (Å²) < 4.78 is 0. The SMILES string of the molecule is CN(C)C1CCN(C(=O)c2cccnc2N)CC1. The minimum absolute atomic E-state index is 0.00203. The number of likely N-dealkylation sites (tertiary alicyclic amines) is 1. The van der Waals surface area contributed by atoms with Crippen LogP contribution in [0.1, 0.15) is 23.2 Å². The number of carbonyl (C=O) groups is 1. The third kappa shape index (κ3) is 2.61. The molecule has 2 N–H and O–H groups in total. The lowest BCUT2D eigenvalue weighted by Crippen LogP contribution is -2.44. The quantitative estimate of drug-likeness (QED) is 0.842. The zero-order valence-corrected chi connectivity index (χ0v) is 11.0. The largest absolute Gasteiger partial charge is 0.383 e. The van der Waals surface area contributed by atoms with Gasteiger partial charge in [0.1, 0.15) is 5.82 Å². The van der Waals surface area contributed by atoms with Gasteiger partial charge in [-0.2, -0.15) is 0 Å². The standard InChI is InChI=1S/C13H20N4O/c1-16(2)10-5-8-17(9-6-10)13(18)11-4-3-7-15-12(11)14/h3-4,7,10H,5-6,8-9H2,1-2H3,(H2,14,15). The molecule has 1 saturated heterocycles. The van der Waals surface area contributed by atoms with Crippen molar-refractivity contribution >= 4 is 11.7 Å². The van der Waals surface area contributed by atoms with Crippen LogP contribution in [-0.4, -0.2) is 53.9 Å². The number of hydrogen-bond acceptors (Lipinski definition) is 4. The topological polar surface area (TPSA) is 62.5 Å². The number of rotatable bonds is 2.